The van der Waals surface area contributed by atoms with E-state index in [1.54, 1.807) is 0 Å². The van der Waals surface area contributed by atoms with Gasteiger partial charge in [0.05, 0.1) is 19.4 Å². The van der Waals surface area contributed by atoms with E-state index in [2.05, 4.69) is 0 Å². The number of rotatable bonds is 3. The van der Waals surface area contributed by atoms with Crippen LogP contribution in [0.25, 0.3) is 0 Å². The van der Waals surface area contributed by atoms with Crippen LogP contribution in [0.5, 0.6) is 0 Å². The molecule has 1 heterocycles. The van der Waals surface area contributed by atoms with Gasteiger partial charge in [0.2, 0.25) is 5.91 Å². The molecule has 3 rings (SSSR count). The minimum Gasteiger partial charge on any atom is -0.469 e. The third-order valence-electron chi connectivity index (χ3n) is 5.81. The standard InChI is InChI=1S/C16H26N2O3/c1-21-13(19)9-12-4-2-3-7-18(12)16(20)14-10-5-6-11(8-10)15(14)17/h10-12,14-15H,2-9,17H2,1H3. The van der Waals surface area contributed by atoms with Crippen LogP contribution in [0.15, 0.2) is 0 Å². The second-order valence-electron chi connectivity index (χ2n) is 6.90. The van der Waals surface area contributed by atoms with E-state index < -0.39 is 0 Å². The van der Waals surface area contributed by atoms with Gasteiger partial charge in [-0.2, -0.15) is 0 Å². The number of carbonyl (C=O) groups excluding carboxylic acids is 2. The number of ether oxygens (including phenoxy) is 1. The molecule has 118 valence electrons. The maximum Gasteiger partial charge on any atom is 0.307 e. The molecule has 3 fully saturated rings. The van der Waals surface area contributed by atoms with Crippen LogP contribution in [0.4, 0.5) is 0 Å². The predicted molar refractivity (Wildman–Crippen MR) is 78.3 cm³/mol. The molecule has 3 aliphatic rings. The van der Waals surface area contributed by atoms with Crippen molar-refractivity contribution in [2.24, 2.45) is 23.5 Å². The van der Waals surface area contributed by atoms with Crippen molar-refractivity contribution in [3.05, 3.63) is 0 Å². The highest BCUT2D eigenvalue weighted by Crippen LogP contribution is 2.48. The summed E-state index contributed by atoms with van der Waals surface area (Å²) in [7, 11) is 1.41. The zero-order valence-corrected chi connectivity index (χ0v) is 12.8. The molecule has 2 saturated carbocycles. The molecule has 0 aromatic rings. The van der Waals surface area contributed by atoms with Crippen LogP contribution in [0.1, 0.15) is 44.9 Å². The third-order valence-corrected chi connectivity index (χ3v) is 5.81. The summed E-state index contributed by atoms with van der Waals surface area (Å²) >= 11 is 0. The minimum atomic E-state index is -0.225. The fourth-order valence-electron chi connectivity index (χ4n) is 4.67. The van der Waals surface area contributed by atoms with Gasteiger partial charge in [0.25, 0.3) is 0 Å². The van der Waals surface area contributed by atoms with E-state index in [1.807, 2.05) is 4.90 Å². The fourth-order valence-corrected chi connectivity index (χ4v) is 4.67. The molecule has 2 N–H and O–H groups in total. The van der Waals surface area contributed by atoms with Gasteiger partial charge in [-0.3, -0.25) is 9.59 Å². The normalized spacial score (nSPS) is 38.6. The molecular formula is C16H26N2O3. The summed E-state index contributed by atoms with van der Waals surface area (Å²) in [5, 5.41) is 0. The topological polar surface area (TPSA) is 72.6 Å². The number of hydrogen-bond donors (Lipinski definition) is 1. The number of methoxy groups -OCH3 is 1. The number of amides is 1. The van der Waals surface area contributed by atoms with E-state index in [0.717, 1.165) is 38.6 Å². The Bertz CT molecular complexity index is 424. The number of hydrogen-bond acceptors (Lipinski definition) is 4. The molecule has 0 aromatic heterocycles. The summed E-state index contributed by atoms with van der Waals surface area (Å²) in [5.41, 5.74) is 6.31. The Balaban J connectivity index is 1.71. The van der Waals surface area contributed by atoms with Crippen LogP contribution in [-0.4, -0.2) is 42.5 Å². The Kier molecular flexibility index (Phi) is 4.20. The Morgan fingerprint density at radius 1 is 1.19 bits per heavy atom. The van der Waals surface area contributed by atoms with Crippen LogP contribution in [0.3, 0.4) is 0 Å². The maximum absolute atomic E-state index is 13.0. The average molecular weight is 294 g/mol. The first-order valence-electron chi connectivity index (χ1n) is 8.24. The molecule has 21 heavy (non-hydrogen) atoms. The van der Waals surface area contributed by atoms with Gasteiger partial charge in [0, 0.05) is 18.6 Å². The SMILES string of the molecule is COC(=O)CC1CCCCN1C(=O)C1C2CCC(C2)C1N. The molecule has 2 bridgehead atoms. The van der Waals surface area contributed by atoms with Crippen LogP contribution in [-0.2, 0) is 14.3 Å². The molecule has 0 spiro atoms. The first kappa shape index (κ1) is 14.8. The second kappa shape index (κ2) is 5.95. The lowest BCUT2D eigenvalue weighted by atomic mass is 9.83. The monoisotopic (exact) mass is 294 g/mol. The molecule has 1 saturated heterocycles. The van der Waals surface area contributed by atoms with Crippen LogP contribution >= 0.6 is 0 Å². The van der Waals surface area contributed by atoms with E-state index in [-0.39, 0.29) is 29.9 Å². The third kappa shape index (κ3) is 2.68. The molecule has 5 atom stereocenters. The van der Waals surface area contributed by atoms with Gasteiger partial charge in [0.1, 0.15) is 0 Å². The molecule has 0 aromatic carbocycles. The average Bonchev–Trinajstić information content (AvgIpc) is 3.08. The Labute approximate surface area is 126 Å². The van der Waals surface area contributed by atoms with Crippen molar-refractivity contribution in [3.63, 3.8) is 0 Å². The highest BCUT2D eigenvalue weighted by molar-refractivity contribution is 5.82. The summed E-state index contributed by atoms with van der Waals surface area (Å²) in [5.74, 6) is 0.966. The highest BCUT2D eigenvalue weighted by atomic mass is 16.5. The number of likely N-dealkylation sites (tertiary alicyclic amines) is 1. The van der Waals surface area contributed by atoms with Gasteiger partial charge >= 0.3 is 5.97 Å². The predicted octanol–water partition coefficient (Wildman–Crippen LogP) is 1.30. The molecule has 5 nitrogen and oxygen atoms in total. The van der Waals surface area contributed by atoms with E-state index in [1.165, 1.54) is 13.5 Å². The summed E-state index contributed by atoms with van der Waals surface area (Å²) in [6.45, 7) is 0.765. The molecule has 1 aliphatic heterocycles. The summed E-state index contributed by atoms with van der Waals surface area (Å²) in [4.78, 5) is 26.5. The van der Waals surface area contributed by atoms with Crippen molar-refractivity contribution in [1.29, 1.82) is 0 Å². The lowest BCUT2D eigenvalue weighted by molar-refractivity contribution is -0.147. The largest absolute Gasteiger partial charge is 0.469 e. The van der Waals surface area contributed by atoms with Crippen molar-refractivity contribution in [2.45, 2.75) is 57.0 Å². The first-order valence-corrected chi connectivity index (χ1v) is 8.24. The smallest absolute Gasteiger partial charge is 0.307 e. The lowest BCUT2D eigenvalue weighted by Gasteiger charge is -2.39. The van der Waals surface area contributed by atoms with Gasteiger partial charge < -0.3 is 15.4 Å². The van der Waals surface area contributed by atoms with Crippen molar-refractivity contribution < 1.29 is 14.3 Å². The number of nitrogens with two attached hydrogens (primary N) is 1. The number of esters is 1. The van der Waals surface area contributed by atoms with Gasteiger partial charge in [-0.1, -0.05) is 0 Å². The first-order chi connectivity index (χ1) is 10.1. The van der Waals surface area contributed by atoms with Crippen LogP contribution < -0.4 is 5.73 Å². The van der Waals surface area contributed by atoms with Gasteiger partial charge in [-0.05, 0) is 50.4 Å². The Morgan fingerprint density at radius 2 is 1.95 bits per heavy atom. The number of nitrogens with zero attached hydrogens (tertiary/aromatic N) is 1. The maximum atomic E-state index is 13.0. The number of fused-ring (bicyclic) bond motifs is 2. The van der Waals surface area contributed by atoms with Crippen molar-refractivity contribution in [3.8, 4) is 0 Å². The summed E-state index contributed by atoms with van der Waals surface area (Å²) in [6.07, 6.45) is 6.77. The fraction of sp³-hybridized carbons (Fsp3) is 0.875. The molecular weight excluding hydrogens is 268 g/mol. The second-order valence-corrected chi connectivity index (χ2v) is 6.90. The van der Waals surface area contributed by atoms with Gasteiger partial charge in [0.15, 0.2) is 0 Å². The summed E-state index contributed by atoms with van der Waals surface area (Å²) < 4.78 is 4.78. The minimum absolute atomic E-state index is 0.00465. The molecule has 5 heteroatoms. The summed E-state index contributed by atoms with van der Waals surface area (Å²) in [6, 6.07) is 0.0296. The van der Waals surface area contributed by atoms with Crippen molar-refractivity contribution >= 4 is 11.9 Å². The lowest BCUT2D eigenvalue weighted by Crippen LogP contribution is -2.52. The van der Waals surface area contributed by atoms with Gasteiger partial charge in [-0.15, -0.1) is 0 Å². The number of carbonyl (C=O) groups is 2. The van der Waals surface area contributed by atoms with Crippen LogP contribution in [0.2, 0.25) is 0 Å². The Morgan fingerprint density at radius 3 is 2.62 bits per heavy atom. The highest BCUT2D eigenvalue weighted by Gasteiger charge is 2.50. The molecule has 1 amide bonds. The van der Waals surface area contributed by atoms with E-state index in [9.17, 15) is 9.59 Å². The van der Waals surface area contributed by atoms with E-state index in [0.29, 0.717) is 18.3 Å². The van der Waals surface area contributed by atoms with E-state index >= 15 is 0 Å². The van der Waals surface area contributed by atoms with Gasteiger partial charge in [-0.25, -0.2) is 0 Å². The molecule has 5 unspecified atom stereocenters. The molecule has 0 radical (unpaired) electrons. The number of piperidine rings is 1. The zero-order valence-electron chi connectivity index (χ0n) is 12.8. The zero-order chi connectivity index (χ0) is 15.0. The quantitative estimate of drug-likeness (QED) is 0.796. The van der Waals surface area contributed by atoms with E-state index in [4.69, 9.17) is 10.5 Å². The van der Waals surface area contributed by atoms with Crippen LogP contribution in [0, 0.1) is 17.8 Å². The van der Waals surface area contributed by atoms with Crippen molar-refractivity contribution in [1.82, 2.24) is 4.90 Å². The van der Waals surface area contributed by atoms with Crippen molar-refractivity contribution in [2.75, 3.05) is 13.7 Å². The Hall–Kier alpha value is -1.10. The molecule has 2 aliphatic carbocycles.